The number of carbonyl (C=O) groups is 1. The number of piperidine rings is 1. The Morgan fingerprint density at radius 1 is 1.26 bits per heavy atom. The zero-order valence-electron chi connectivity index (χ0n) is 15.7. The van der Waals surface area contributed by atoms with Gasteiger partial charge >= 0.3 is 0 Å². The van der Waals surface area contributed by atoms with Crippen LogP contribution >= 0.6 is 0 Å². The third-order valence-electron chi connectivity index (χ3n) is 5.50. The fourth-order valence-corrected chi connectivity index (χ4v) is 3.98. The average Bonchev–Trinajstić information content (AvgIpc) is 3.10. The Morgan fingerprint density at radius 2 is 2.11 bits per heavy atom. The van der Waals surface area contributed by atoms with Gasteiger partial charge in [-0.15, -0.1) is 0 Å². The number of hydrogen-bond donors (Lipinski definition) is 2. The maximum absolute atomic E-state index is 12.7. The lowest BCUT2D eigenvalue weighted by Gasteiger charge is -2.32. The van der Waals surface area contributed by atoms with Crippen LogP contribution in [0.4, 0.5) is 0 Å². The molecule has 0 unspecified atom stereocenters. The van der Waals surface area contributed by atoms with E-state index in [1.807, 2.05) is 42.5 Å². The number of aromatic nitrogens is 2. The molecule has 1 saturated heterocycles. The number of H-pyrrole nitrogens is 1. The van der Waals surface area contributed by atoms with Crippen LogP contribution in [0.3, 0.4) is 0 Å². The average molecular weight is 362 g/mol. The van der Waals surface area contributed by atoms with Gasteiger partial charge in [0, 0.05) is 30.9 Å². The van der Waals surface area contributed by atoms with E-state index in [2.05, 4.69) is 27.1 Å². The molecule has 2 aromatic carbocycles. The van der Waals surface area contributed by atoms with Crippen molar-refractivity contribution in [3.8, 4) is 0 Å². The molecule has 0 aliphatic carbocycles. The van der Waals surface area contributed by atoms with Gasteiger partial charge in [0.2, 0.25) is 0 Å². The van der Waals surface area contributed by atoms with Crippen LogP contribution in [0.15, 0.2) is 48.8 Å². The zero-order valence-corrected chi connectivity index (χ0v) is 15.7. The summed E-state index contributed by atoms with van der Waals surface area (Å²) in [4.78, 5) is 22.7. The fraction of sp³-hybridized carbons (Fsp3) is 0.364. The van der Waals surface area contributed by atoms with E-state index in [9.17, 15) is 4.79 Å². The molecule has 1 atom stereocenters. The maximum atomic E-state index is 12.7. The van der Waals surface area contributed by atoms with Gasteiger partial charge in [0.15, 0.2) is 0 Å². The molecule has 0 saturated carbocycles. The first-order valence-corrected chi connectivity index (χ1v) is 9.68. The van der Waals surface area contributed by atoms with Crippen LogP contribution < -0.4 is 5.32 Å². The van der Waals surface area contributed by atoms with Crippen molar-refractivity contribution in [1.82, 2.24) is 20.2 Å². The van der Waals surface area contributed by atoms with E-state index >= 15 is 0 Å². The van der Waals surface area contributed by atoms with Crippen LogP contribution in [0.5, 0.6) is 0 Å². The predicted molar refractivity (Wildman–Crippen MR) is 108 cm³/mol. The third kappa shape index (κ3) is 4.03. The van der Waals surface area contributed by atoms with Crippen molar-refractivity contribution < 1.29 is 4.79 Å². The highest BCUT2D eigenvalue weighted by atomic mass is 16.1. The minimum atomic E-state index is 0.0204. The number of hydrogen-bond acceptors (Lipinski definition) is 3. The molecule has 2 N–H and O–H groups in total. The number of fused-ring (bicyclic) bond motifs is 1. The molecule has 0 spiro atoms. The second-order valence-electron chi connectivity index (χ2n) is 7.45. The summed E-state index contributed by atoms with van der Waals surface area (Å²) in [5.74, 6) is 0.504. The number of nitrogens with one attached hydrogen (secondary N) is 2. The normalized spacial score (nSPS) is 17.9. The molecule has 5 heteroatoms. The Bertz CT molecular complexity index is 927. The second-order valence-corrected chi connectivity index (χ2v) is 7.45. The number of amides is 1. The molecule has 1 aliphatic rings. The second kappa shape index (κ2) is 7.92. The predicted octanol–water partition coefficient (Wildman–Crippen LogP) is 3.51. The summed E-state index contributed by atoms with van der Waals surface area (Å²) < 4.78 is 0. The van der Waals surface area contributed by atoms with Crippen LogP contribution in [-0.4, -0.2) is 40.4 Å². The molecule has 27 heavy (non-hydrogen) atoms. The van der Waals surface area contributed by atoms with Crippen LogP contribution in [0.1, 0.15) is 34.6 Å². The Balaban J connectivity index is 1.36. The molecular formula is C22H26N4O. The Hall–Kier alpha value is -2.66. The van der Waals surface area contributed by atoms with Crippen molar-refractivity contribution in [2.24, 2.45) is 5.92 Å². The summed E-state index contributed by atoms with van der Waals surface area (Å²) in [6.45, 7) is 5.76. The third-order valence-corrected chi connectivity index (χ3v) is 5.50. The minimum Gasteiger partial charge on any atom is -0.352 e. The van der Waals surface area contributed by atoms with E-state index in [0.29, 0.717) is 5.92 Å². The zero-order chi connectivity index (χ0) is 18.6. The molecule has 4 rings (SSSR count). The summed E-state index contributed by atoms with van der Waals surface area (Å²) >= 11 is 0. The van der Waals surface area contributed by atoms with Crippen molar-refractivity contribution in [2.45, 2.75) is 26.3 Å². The highest BCUT2D eigenvalue weighted by Crippen LogP contribution is 2.20. The van der Waals surface area contributed by atoms with Gasteiger partial charge in [0.25, 0.3) is 5.91 Å². The number of nitrogens with zero attached hydrogens (tertiary/aromatic N) is 2. The summed E-state index contributed by atoms with van der Waals surface area (Å²) in [5, 5.41) is 5.28. The topological polar surface area (TPSA) is 61.0 Å². The quantitative estimate of drug-likeness (QED) is 0.730. The largest absolute Gasteiger partial charge is 0.352 e. The molecule has 1 aliphatic heterocycles. The molecule has 1 fully saturated rings. The van der Waals surface area contributed by atoms with Gasteiger partial charge in [-0.25, -0.2) is 4.98 Å². The van der Waals surface area contributed by atoms with Crippen molar-refractivity contribution >= 4 is 16.7 Å². The molecule has 2 heterocycles. The number of benzene rings is 2. The van der Waals surface area contributed by atoms with Gasteiger partial charge in [0.1, 0.15) is 0 Å². The molecule has 0 radical (unpaired) electrons. The Morgan fingerprint density at radius 3 is 2.96 bits per heavy atom. The van der Waals surface area contributed by atoms with Gasteiger partial charge in [-0.05, 0) is 49.1 Å². The lowest BCUT2D eigenvalue weighted by molar-refractivity contribution is 0.0932. The lowest BCUT2D eigenvalue weighted by Crippen LogP contribution is -2.40. The van der Waals surface area contributed by atoms with Crippen molar-refractivity contribution in [1.29, 1.82) is 0 Å². The van der Waals surface area contributed by atoms with Crippen molar-refractivity contribution in [3.63, 3.8) is 0 Å². The van der Waals surface area contributed by atoms with E-state index in [1.54, 1.807) is 6.33 Å². The fourth-order valence-electron chi connectivity index (χ4n) is 3.98. The van der Waals surface area contributed by atoms with E-state index in [1.165, 1.54) is 0 Å². The van der Waals surface area contributed by atoms with Gasteiger partial charge in [-0.2, -0.15) is 0 Å². The lowest BCUT2D eigenvalue weighted by atomic mass is 9.97. The number of likely N-dealkylation sites (tertiary alicyclic amines) is 1. The summed E-state index contributed by atoms with van der Waals surface area (Å²) in [5.41, 5.74) is 3.02. The van der Waals surface area contributed by atoms with E-state index in [4.69, 9.17) is 0 Å². The summed E-state index contributed by atoms with van der Waals surface area (Å²) in [6, 6.07) is 13.9. The SMILES string of the molecule is Cc1[nH]cnc1CN1CCC[C@@H](CNC(=O)c2cccc3ccccc23)C1. The molecule has 1 amide bonds. The molecule has 1 aromatic heterocycles. The van der Waals surface area contributed by atoms with Gasteiger partial charge in [-0.3, -0.25) is 9.69 Å². The van der Waals surface area contributed by atoms with E-state index in [-0.39, 0.29) is 5.91 Å². The highest BCUT2D eigenvalue weighted by molar-refractivity contribution is 6.06. The van der Waals surface area contributed by atoms with Crippen molar-refractivity contribution in [2.75, 3.05) is 19.6 Å². The van der Waals surface area contributed by atoms with Crippen LogP contribution in [0.25, 0.3) is 10.8 Å². The monoisotopic (exact) mass is 362 g/mol. The molecule has 3 aromatic rings. The Labute approximate surface area is 159 Å². The van der Waals surface area contributed by atoms with E-state index in [0.717, 1.165) is 66.7 Å². The Kier molecular flexibility index (Phi) is 5.21. The number of imidazole rings is 1. The minimum absolute atomic E-state index is 0.0204. The smallest absolute Gasteiger partial charge is 0.251 e. The first-order valence-electron chi connectivity index (χ1n) is 9.68. The first kappa shape index (κ1) is 17.7. The van der Waals surface area contributed by atoms with E-state index < -0.39 is 0 Å². The highest BCUT2D eigenvalue weighted by Gasteiger charge is 2.22. The standard InChI is InChI=1S/C22H26N4O/c1-16-21(25-15-24-16)14-26-11-5-6-17(13-26)12-23-22(27)20-10-4-8-18-7-2-3-9-19(18)20/h2-4,7-10,15,17H,5-6,11-14H2,1H3,(H,23,27)(H,24,25)/t17-/m0/s1. The van der Waals surface area contributed by atoms with Crippen LogP contribution in [-0.2, 0) is 6.54 Å². The first-order chi connectivity index (χ1) is 13.2. The molecule has 0 bridgehead atoms. The maximum Gasteiger partial charge on any atom is 0.251 e. The van der Waals surface area contributed by atoms with Crippen LogP contribution in [0, 0.1) is 12.8 Å². The molecular weight excluding hydrogens is 336 g/mol. The number of rotatable bonds is 5. The van der Waals surface area contributed by atoms with Gasteiger partial charge in [-0.1, -0.05) is 36.4 Å². The number of carbonyl (C=O) groups excluding carboxylic acids is 1. The van der Waals surface area contributed by atoms with Gasteiger partial charge in [0.05, 0.1) is 12.0 Å². The summed E-state index contributed by atoms with van der Waals surface area (Å²) in [7, 11) is 0. The van der Waals surface area contributed by atoms with Gasteiger partial charge < -0.3 is 10.3 Å². The van der Waals surface area contributed by atoms with Crippen LogP contribution in [0.2, 0.25) is 0 Å². The molecule has 5 nitrogen and oxygen atoms in total. The van der Waals surface area contributed by atoms with Crippen molar-refractivity contribution in [3.05, 3.63) is 65.7 Å². The number of aryl methyl sites for hydroxylation is 1. The number of aromatic amines is 1. The summed E-state index contributed by atoms with van der Waals surface area (Å²) in [6.07, 6.45) is 4.08. The molecule has 140 valence electrons.